The Morgan fingerprint density at radius 1 is 1.20 bits per heavy atom. The number of urea groups is 1. The van der Waals surface area contributed by atoms with Gasteiger partial charge in [0.2, 0.25) is 0 Å². The first-order valence-electron chi connectivity index (χ1n) is 9.46. The minimum Gasteiger partial charge on any atom is -0.496 e. The van der Waals surface area contributed by atoms with Gasteiger partial charge in [0.05, 0.1) is 13.7 Å². The Balaban J connectivity index is 1.48. The fourth-order valence-electron chi connectivity index (χ4n) is 3.76. The Morgan fingerprint density at radius 3 is 2.68 bits per heavy atom. The monoisotopic (exact) mass is 346 g/mol. The van der Waals surface area contributed by atoms with Gasteiger partial charge in [0.25, 0.3) is 0 Å². The predicted molar refractivity (Wildman–Crippen MR) is 98.1 cm³/mol. The molecule has 2 aliphatic rings. The SMILES string of the molecule is COc1ccccc1C1(CNC(=O)NCCOCC2CC2)CCCC1. The van der Waals surface area contributed by atoms with Crippen LogP contribution >= 0.6 is 0 Å². The lowest BCUT2D eigenvalue weighted by Crippen LogP contribution is -2.44. The first-order valence-corrected chi connectivity index (χ1v) is 9.46. The largest absolute Gasteiger partial charge is 0.496 e. The summed E-state index contributed by atoms with van der Waals surface area (Å²) in [6, 6.07) is 8.07. The molecule has 0 spiro atoms. The zero-order valence-electron chi connectivity index (χ0n) is 15.2. The Bertz CT molecular complexity index is 566. The molecule has 25 heavy (non-hydrogen) atoms. The molecule has 0 saturated heterocycles. The summed E-state index contributed by atoms with van der Waals surface area (Å²) in [5.74, 6) is 1.68. The van der Waals surface area contributed by atoms with E-state index in [1.165, 1.54) is 31.2 Å². The van der Waals surface area contributed by atoms with Gasteiger partial charge in [-0.05, 0) is 37.7 Å². The molecule has 2 aliphatic carbocycles. The van der Waals surface area contributed by atoms with Crippen LogP contribution in [-0.2, 0) is 10.2 Å². The molecule has 5 nitrogen and oxygen atoms in total. The smallest absolute Gasteiger partial charge is 0.314 e. The second-order valence-electron chi connectivity index (χ2n) is 7.32. The third-order valence-electron chi connectivity index (χ3n) is 5.41. The Kier molecular flexibility index (Phi) is 6.19. The molecule has 0 atom stereocenters. The summed E-state index contributed by atoms with van der Waals surface area (Å²) < 4.78 is 11.1. The van der Waals surface area contributed by atoms with Crippen LogP contribution in [0.2, 0.25) is 0 Å². The molecule has 138 valence electrons. The van der Waals surface area contributed by atoms with Gasteiger partial charge in [0, 0.05) is 30.7 Å². The van der Waals surface area contributed by atoms with Gasteiger partial charge in [0.15, 0.2) is 0 Å². The second-order valence-corrected chi connectivity index (χ2v) is 7.32. The average Bonchev–Trinajstić information content (AvgIpc) is 3.35. The van der Waals surface area contributed by atoms with Crippen molar-refractivity contribution in [1.29, 1.82) is 0 Å². The number of benzene rings is 1. The topological polar surface area (TPSA) is 59.6 Å². The van der Waals surface area contributed by atoms with Gasteiger partial charge in [-0.25, -0.2) is 4.79 Å². The van der Waals surface area contributed by atoms with Crippen molar-refractivity contribution in [2.45, 2.75) is 43.9 Å². The average molecular weight is 346 g/mol. The van der Waals surface area contributed by atoms with Gasteiger partial charge in [-0.3, -0.25) is 0 Å². The summed E-state index contributed by atoms with van der Waals surface area (Å²) >= 11 is 0. The molecule has 0 unspecified atom stereocenters. The van der Waals surface area contributed by atoms with E-state index < -0.39 is 0 Å². The predicted octanol–water partition coefficient (Wildman–Crippen LogP) is 3.23. The summed E-state index contributed by atoms with van der Waals surface area (Å²) in [5, 5.41) is 5.96. The first-order chi connectivity index (χ1) is 12.2. The number of nitrogens with one attached hydrogen (secondary N) is 2. The van der Waals surface area contributed by atoms with Crippen molar-refractivity contribution in [1.82, 2.24) is 10.6 Å². The van der Waals surface area contributed by atoms with E-state index in [1.807, 2.05) is 12.1 Å². The van der Waals surface area contributed by atoms with Crippen LogP contribution in [0.3, 0.4) is 0 Å². The number of hydrogen-bond acceptors (Lipinski definition) is 3. The van der Waals surface area contributed by atoms with Crippen LogP contribution in [0.5, 0.6) is 5.75 Å². The van der Waals surface area contributed by atoms with Gasteiger partial charge in [-0.2, -0.15) is 0 Å². The number of amides is 2. The van der Waals surface area contributed by atoms with Gasteiger partial charge in [-0.1, -0.05) is 31.0 Å². The molecule has 0 radical (unpaired) electrons. The summed E-state index contributed by atoms with van der Waals surface area (Å²) in [4.78, 5) is 12.1. The van der Waals surface area contributed by atoms with E-state index in [9.17, 15) is 4.79 Å². The number of para-hydroxylation sites is 1. The van der Waals surface area contributed by atoms with Crippen molar-refractivity contribution in [3.8, 4) is 5.75 Å². The highest BCUT2D eigenvalue weighted by atomic mass is 16.5. The number of rotatable bonds is 9. The maximum atomic E-state index is 12.1. The maximum absolute atomic E-state index is 12.1. The summed E-state index contributed by atoms with van der Waals surface area (Å²) in [5.41, 5.74) is 1.19. The van der Waals surface area contributed by atoms with Crippen molar-refractivity contribution in [2.24, 2.45) is 5.92 Å². The number of hydrogen-bond donors (Lipinski definition) is 2. The van der Waals surface area contributed by atoms with Gasteiger partial charge >= 0.3 is 6.03 Å². The molecule has 2 saturated carbocycles. The molecule has 0 aromatic heterocycles. The van der Waals surface area contributed by atoms with E-state index in [0.29, 0.717) is 19.7 Å². The Hall–Kier alpha value is -1.75. The molecule has 1 aromatic rings. The lowest BCUT2D eigenvalue weighted by Gasteiger charge is -2.31. The maximum Gasteiger partial charge on any atom is 0.314 e. The molecule has 0 heterocycles. The van der Waals surface area contributed by atoms with Crippen LogP contribution in [0.4, 0.5) is 4.79 Å². The number of methoxy groups -OCH3 is 1. The fraction of sp³-hybridized carbons (Fsp3) is 0.650. The highest BCUT2D eigenvalue weighted by molar-refractivity contribution is 5.74. The number of carbonyl (C=O) groups excluding carboxylic acids is 1. The molecule has 3 rings (SSSR count). The number of carbonyl (C=O) groups is 1. The molecule has 2 fully saturated rings. The fourth-order valence-corrected chi connectivity index (χ4v) is 3.76. The van der Waals surface area contributed by atoms with Gasteiger partial charge in [0.1, 0.15) is 5.75 Å². The quantitative estimate of drug-likeness (QED) is 0.675. The molecule has 2 amide bonds. The van der Waals surface area contributed by atoms with Gasteiger partial charge in [-0.15, -0.1) is 0 Å². The molecule has 0 bridgehead atoms. The van der Waals surface area contributed by atoms with Crippen LogP contribution in [-0.4, -0.2) is 39.4 Å². The summed E-state index contributed by atoms with van der Waals surface area (Å²) in [6.07, 6.45) is 7.13. The Morgan fingerprint density at radius 2 is 1.96 bits per heavy atom. The second kappa shape index (κ2) is 8.56. The molecular formula is C20H30N2O3. The van der Waals surface area contributed by atoms with E-state index in [2.05, 4.69) is 22.8 Å². The molecule has 2 N–H and O–H groups in total. The number of ether oxygens (including phenoxy) is 2. The molecule has 5 heteroatoms. The van der Waals surface area contributed by atoms with Crippen molar-refractivity contribution in [3.63, 3.8) is 0 Å². The van der Waals surface area contributed by atoms with Crippen LogP contribution in [0.15, 0.2) is 24.3 Å². The first kappa shape index (κ1) is 18.1. The van der Waals surface area contributed by atoms with E-state index in [1.54, 1.807) is 7.11 Å². The van der Waals surface area contributed by atoms with Crippen molar-refractivity contribution >= 4 is 6.03 Å². The van der Waals surface area contributed by atoms with Crippen molar-refractivity contribution in [2.75, 3.05) is 33.4 Å². The zero-order valence-corrected chi connectivity index (χ0v) is 15.2. The standard InChI is InChI=1S/C20H30N2O3/c1-24-18-7-3-2-6-17(18)20(10-4-5-11-20)15-22-19(23)21-12-13-25-14-16-8-9-16/h2-3,6-7,16H,4-5,8-15H2,1H3,(H2,21,22,23). The van der Waals surface area contributed by atoms with Crippen LogP contribution in [0, 0.1) is 5.92 Å². The molecular weight excluding hydrogens is 316 g/mol. The molecule has 1 aromatic carbocycles. The minimum absolute atomic E-state index is 0.0214. The summed E-state index contributed by atoms with van der Waals surface area (Å²) in [6.45, 7) is 2.62. The third kappa shape index (κ3) is 4.88. The van der Waals surface area contributed by atoms with E-state index >= 15 is 0 Å². The van der Waals surface area contributed by atoms with Crippen molar-refractivity contribution in [3.05, 3.63) is 29.8 Å². The van der Waals surface area contributed by atoms with Crippen LogP contribution in [0.1, 0.15) is 44.1 Å². The molecule has 0 aliphatic heterocycles. The van der Waals surface area contributed by atoms with Crippen LogP contribution in [0.25, 0.3) is 0 Å². The van der Waals surface area contributed by atoms with E-state index in [0.717, 1.165) is 31.1 Å². The lowest BCUT2D eigenvalue weighted by atomic mass is 9.78. The van der Waals surface area contributed by atoms with E-state index in [-0.39, 0.29) is 11.4 Å². The zero-order chi connectivity index (χ0) is 17.5. The lowest BCUT2D eigenvalue weighted by molar-refractivity contribution is 0.127. The highest BCUT2D eigenvalue weighted by Gasteiger charge is 2.38. The highest BCUT2D eigenvalue weighted by Crippen LogP contribution is 2.44. The van der Waals surface area contributed by atoms with Crippen molar-refractivity contribution < 1.29 is 14.3 Å². The van der Waals surface area contributed by atoms with E-state index in [4.69, 9.17) is 9.47 Å². The Labute approximate surface area is 150 Å². The minimum atomic E-state index is -0.115. The van der Waals surface area contributed by atoms with Gasteiger partial charge < -0.3 is 20.1 Å². The third-order valence-corrected chi connectivity index (χ3v) is 5.41. The van der Waals surface area contributed by atoms with Crippen LogP contribution < -0.4 is 15.4 Å². The summed E-state index contributed by atoms with van der Waals surface area (Å²) in [7, 11) is 1.71. The normalized spacial score (nSPS) is 18.8.